The Morgan fingerprint density at radius 2 is 1.95 bits per heavy atom. The molecule has 0 aliphatic heterocycles. The van der Waals surface area contributed by atoms with Crippen molar-refractivity contribution in [1.82, 2.24) is 10.3 Å². The summed E-state index contributed by atoms with van der Waals surface area (Å²) in [5.74, 6) is 0.559. The third-order valence-electron chi connectivity index (χ3n) is 3.28. The van der Waals surface area contributed by atoms with E-state index >= 15 is 0 Å². The van der Waals surface area contributed by atoms with Crippen LogP contribution in [0.3, 0.4) is 0 Å². The van der Waals surface area contributed by atoms with Crippen molar-refractivity contribution in [2.45, 2.75) is 19.1 Å². The number of nitrogens with one attached hydrogen (secondary N) is 1. The van der Waals surface area contributed by atoms with E-state index in [4.69, 9.17) is 0 Å². The van der Waals surface area contributed by atoms with Gasteiger partial charge in [-0.25, -0.2) is 4.98 Å². The molecule has 6 heteroatoms. The number of anilines is 1. The minimum atomic E-state index is -4.15. The van der Waals surface area contributed by atoms with Crippen molar-refractivity contribution in [2.75, 3.05) is 25.5 Å². The molecule has 0 saturated carbocycles. The SMILES string of the molecule is CNCc1cc(N(C)CCC(F)(F)F)nc2ccccc12. The molecule has 1 aromatic carbocycles. The summed E-state index contributed by atoms with van der Waals surface area (Å²) in [7, 11) is 3.47. The highest BCUT2D eigenvalue weighted by atomic mass is 19.4. The molecule has 0 aliphatic carbocycles. The Labute approximate surface area is 121 Å². The van der Waals surface area contributed by atoms with Gasteiger partial charge in [-0.2, -0.15) is 13.2 Å². The van der Waals surface area contributed by atoms with Gasteiger partial charge in [0.25, 0.3) is 0 Å². The van der Waals surface area contributed by atoms with Crippen LogP contribution < -0.4 is 10.2 Å². The first kappa shape index (κ1) is 15.6. The second-order valence-electron chi connectivity index (χ2n) is 4.97. The molecule has 0 fully saturated rings. The van der Waals surface area contributed by atoms with Crippen LogP contribution in [0.1, 0.15) is 12.0 Å². The van der Waals surface area contributed by atoms with Crippen LogP contribution in [0.4, 0.5) is 19.0 Å². The number of hydrogen-bond donors (Lipinski definition) is 1. The minimum Gasteiger partial charge on any atom is -0.359 e. The predicted molar refractivity (Wildman–Crippen MR) is 78.4 cm³/mol. The summed E-state index contributed by atoms with van der Waals surface area (Å²) >= 11 is 0. The second kappa shape index (κ2) is 6.30. The molecular weight excluding hydrogens is 279 g/mol. The van der Waals surface area contributed by atoms with Crippen molar-refractivity contribution >= 4 is 16.7 Å². The zero-order chi connectivity index (χ0) is 15.5. The Balaban J connectivity index is 2.31. The third kappa shape index (κ3) is 4.07. The maximum absolute atomic E-state index is 12.3. The number of pyridine rings is 1. The molecule has 114 valence electrons. The quantitative estimate of drug-likeness (QED) is 0.917. The molecule has 0 amide bonds. The van der Waals surface area contributed by atoms with E-state index in [2.05, 4.69) is 10.3 Å². The van der Waals surface area contributed by atoms with Crippen LogP contribution >= 0.6 is 0 Å². The van der Waals surface area contributed by atoms with Gasteiger partial charge in [0.15, 0.2) is 0 Å². The molecule has 0 unspecified atom stereocenters. The van der Waals surface area contributed by atoms with E-state index in [1.54, 1.807) is 11.9 Å². The molecule has 0 bridgehead atoms. The van der Waals surface area contributed by atoms with Crippen LogP contribution in [-0.4, -0.2) is 31.8 Å². The number of alkyl halides is 3. The fraction of sp³-hybridized carbons (Fsp3) is 0.400. The molecule has 21 heavy (non-hydrogen) atoms. The van der Waals surface area contributed by atoms with Crippen molar-refractivity contribution in [3.05, 3.63) is 35.9 Å². The highest BCUT2D eigenvalue weighted by molar-refractivity contribution is 5.84. The number of para-hydroxylation sites is 1. The summed E-state index contributed by atoms with van der Waals surface area (Å²) in [5, 5.41) is 4.09. The molecular formula is C15H18F3N3. The maximum atomic E-state index is 12.3. The number of hydrogen-bond acceptors (Lipinski definition) is 3. The van der Waals surface area contributed by atoms with Crippen molar-refractivity contribution in [3.8, 4) is 0 Å². The monoisotopic (exact) mass is 297 g/mol. The number of rotatable bonds is 5. The summed E-state index contributed by atoms with van der Waals surface area (Å²) in [6, 6.07) is 9.48. The number of benzene rings is 1. The molecule has 3 nitrogen and oxygen atoms in total. The molecule has 0 atom stereocenters. The van der Waals surface area contributed by atoms with Gasteiger partial charge in [0, 0.05) is 25.5 Å². The van der Waals surface area contributed by atoms with Crippen molar-refractivity contribution in [1.29, 1.82) is 0 Å². The molecule has 0 spiro atoms. The molecule has 1 heterocycles. The van der Waals surface area contributed by atoms with Gasteiger partial charge < -0.3 is 10.2 Å². The fourth-order valence-corrected chi connectivity index (χ4v) is 2.17. The maximum Gasteiger partial charge on any atom is 0.390 e. The van der Waals surface area contributed by atoms with Gasteiger partial charge in [0.1, 0.15) is 5.82 Å². The van der Waals surface area contributed by atoms with E-state index in [1.165, 1.54) is 0 Å². The van der Waals surface area contributed by atoms with Crippen LogP contribution in [0.5, 0.6) is 0 Å². The summed E-state index contributed by atoms with van der Waals surface area (Å²) < 4.78 is 37.0. The van der Waals surface area contributed by atoms with Crippen molar-refractivity contribution in [2.24, 2.45) is 0 Å². The topological polar surface area (TPSA) is 28.2 Å². The number of nitrogens with zero attached hydrogens (tertiary/aromatic N) is 2. The lowest BCUT2D eigenvalue weighted by Crippen LogP contribution is -2.25. The Morgan fingerprint density at radius 3 is 2.62 bits per heavy atom. The van der Waals surface area contributed by atoms with E-state index in [9.17, 15) is 13.2 Å². The molecule has 0 aliphatic rings. The lowest BCUT2D eigenvalue weighted by Gasteiger charge is -2.20. The first-order chi connectivity index (χ1) is 9.90. The molecule has 0 radical (unpaired) electrons. The highest BCUT2D eigenvalue weighted by Crippen LogP contribution is 2.24. The lowest BCUT2D eigenvalue weighted by atomic mass is 10.1. The molecule has 2 aromatic rings. The van der Waals surface area contributed by atoms with E-state index in [0.29, 0.717) is 12.4 Å². The minimum absolute atomic E-state index is 0.103. The zero-order valence-electron chi connectivity index (χ0n) is 12.0. The summed E-state index contributed by atoms with van der Waals surface area (Å²) in [6.45, 7) is 0.539. The number of fused-ring (bicyclic) bond motifs is 1. The zero-order valence-corrected chi connectivity index (χ0v) is 12.0. The van der Waals surface area contributed by atoms with Gasteiger partial charge in [-0.1, -0.05) is 18.2 Å². The largest absolute Gasteiger partial charge is 0.390 e. The van der Waals surface area contributed by atoms with E-state index < -0.39 is 12.6 Å². The summed E-state index contributed by atoms with van der Waals surface area (Å²) in [6.07, 6.45) is -5.00. The standard InChI is InChI=1S/C15H18F3N3/c1-19-10-11-9-14(21(2)8-7-15(16,17)18)20-13-6-4-3-5-12(11)13/h3-6,9,19H,7-8,10H2,1-2H3. The third-order valence-corrected chi connectivity index (χ3v) is 3.28. The first-order valence-electron chi connectivity index (χ1n) is 6.72. The average molecular weight is 297 g/mol. The number of aromatic nitrogens is 1. The molecule has 1 N–H and O–H groups in total. The van der Waals surface area contributed by atoms with Crippen molar-refractivity contribution in [3.63, 3.8) is 0 Å². The fourth-order valence-electron chi connectivity index (χ4n) is 2.17. The van der Waals surface area contributed by atoms with Crippen LogP contribution in [0.15, 0.2) is 30.3 Å². The highest BCUT2D eigenvalue weighted by Gasteiger charge is 2.27. The molecule has 1 aromatic heterocycles. The number of halogens is 3. The normalized spacial score (nSPS) is 11.9. The smallest absolute Gasteiger partial charge is 0.359 e. The Bertz CT molecular complexity index is 611. The van der Waals surface area contributed by atoms with E-state index in [1.807, 2.05) is 37.4 Å². The Morgan fingerprint density at radius 1 is 1.24 bits per heavy atom. The Kier molecular flexibility index (Phi) is 4.67. The van der Waals surface area contributed by atoms with Crippen LogP contribution in [-0.2, 0) is 6.54 Å². The van der Waals surface area contributed by atoms with Gasteiger partial charge in [-0.05, 0) is 24.7 Å². The summed E-state index contributed by atoms with van der Waals surface area (Å²) in [5.41, 5.74) is 1.82. The molecule has 0 saturated heterocycles. The van der Waals surface area contributed by atoms with Gasteiger partial charge in [0.2, 0.25) is 0 Å². The van der Waals surface area contributed by atoms with Crippen LogP contribution in [0, 0.1) is 0 Å². The summed E-state index contributed by atoms with van der Waals surface area (Å²) in [4.78, 5) is 5.99. The van der Waals surface area contributed by atoms with Gasteiger partial charge in [-0.15, -0.1) is 0 Å². The second-order valence-corrected chi connectivity index (χ2v) is 4.97. The van der Waals surface area contributed by atoms with Crippen LogP contribution in [0.25, 0.3) is 10.9 Å². The molecule has 2 rings (SSSR count). The average Bonchev–Trinajstić information content (AvgIpc) is 2.44. The van der Waals surface area contributed by atoms with Crippen molar-refractivity contribution < 1.29 is 13.2 Å². The van der Waals surface area contributed by atoms with Gasteiger partial charge in [0.05, 0.1) is 11.9 Å². The Hall–Kier alpha value is -1.82. The van der Waals surface area contributed by atoms with E-state index in [-0.39, 0.29) is 6.54 Å². The van der Waals surface area contributed by atoms with Crippen LogP contribution in [0.2, 0.25) is 0 Å². The lowest BCUT2D eigenvalue weighted by molar-refractivity contribution is -0.132. The van der Waals surface area contributed by atoms with E-state index in [0.717, 1.165) is 16.5 Å². The van der Waals surface area contributed by atoms with Gasteiger partial charge in [-0.3, -0.25) is 0 Å². The predicted octanol–water partition coefficient (Wildman–Crippen LogP) is 3.34. The first-order valence-corrected chi connectivity index (χ1v) is 6.72. The van der Waals surface area contributed by atoms with Gasteiger partial charge >= 0.3 is 6.18 Å².